The lowest BCUT2D eigenvalue weighted by Gasteiger charge is -2.07. The average Bonchev–Trinajstić information content (AvgIpc) is 3.18. The smallest absolute Gasteiger partial charge is 0.279 e. The Morgan fingerprint density at radius 2 is 1.92 bits per heavy atom. The fraction of sp³-hybridized carbons (Fsp3) is 0.133. The highest BCUT2D eigenvalue weighted by Gasteiger charge is 2.33. The summed E-state index contributed by atoms with van der Waals surface area (Å²) in [6, 6.07) is 8.25. The lowest BCUT2D eigenvalue weighted by Crippen LogP contribution is -2.11. The maximum absolute atomic E-state index is 12.6. The Morgan fingerprint density at radius 1 is 1.19 bits per heavy atom. The molecule has 0 aliphatic rings. The quantitative estimate of drug-likeness (QED) is 0.627. The first-order valence-corrected chi connectivity index (χ1v) is 9.76. The normalized spacial score (nSPS) is 12.3. The molecule has 0 radical (unpaired) electrons. The zero-order valence-electron chi connectivity index (χ0n) is 13.1. The van der Waals surface area contributed by atoms with Crippen LogP contribution >= 0.6 is 22.9 Å². The van der Waals surface area contributed by atoms with E-state index in [1.165, 1.54) is 18.2 Å². The Labute approximate surface area is 155 Å². The summed E-state index contributed by atoms with van der Waals surface area (Å²) in [5, 5.41) is 5.89. The predicted molar refractivity (Wildman–Crippen MR) is 93.9 cm³/mol. The average molecular weight is 422 g/mol. The number of aromatic nitrogens is 2. The fourth-order valence-electron chi connectivity index (χ4n) is 2.06. The second kappa shape index (κ2) is 6.60. The van der Waals surface area contributed by atoms with Crippen LogP contribution in [0.25, 0.3) is 10.6 Å². The van der Waals surface area contributed by atoms with Crippen molar-refractivity contribution in [1.29, 1.82) is 0 Å². The summed E-state index contributed by atoms with van der Waals surface area (Å²) in [4.78, 5) is 0.291. The van der Waals surface area contributed by atoms with Gasteiger partial charge in [0.2, 0.25) is 0 Å². The number of nitrogens with one attached hydrogen (secondary N) is 2. The van der Waals surface area contributed by atoms with Crippen LogP contribution in [0.5, 0.6) is 0 Å². The van der Waals surface area contributed by atoms with Crippen molar-refractivity contribution in [3.63, 3.8) is 0 Å². The molecule has 0 bridgehead atoms. The number of hydrogen-bond donors (Lipinski definition) is 2. The van der Waals surface area contributed by atoms with E-state index in [0.29, 0.717) is 9.90 Å². The standard InChI is InChI=1S/C15H11ClF3N3O2S2/c1-8-2-3-9(6-10(8)16)22-26(23,24)14-5-4-12(25-14)11-7-13(21-20-11)15(17,18)19/h2-7,22H,1H3,(H,20,21). The van der Waals surface area contributed by atoms with E-state index < -0.39 is 21.9 Å². The summed E-state index contributed by atoms with van der Waals surface area (Å²) >= 11 is 6.79. The highest BCUT2D eigenvalue weighted by atomic mass is 35.5. The van der Waals surface area contributed by atoms with Crippen molar-refractivity contribution in [2.45, 2.75) is 17.3 Å². The summed E-state index contributed by atoms with van der Waals surface area (Å²) in [5.41, 5.74) is 0.0987. The molecule has 3 rings (SSSR count). The number of aryl methyl sites for hydroxylation is 1. The molecule has 0 spiro atoms. The number of benzene rings is 1. The van der Waals surface area contributed by atoms with Crippen LogP contribution in [-0.4, -0.2) is 18.6 Å². The first-order valence-electron chi connectivity index (χ1n) is 7.08. The van der Waals surface area contributed by atoms with E-state index >= 15 is 0 Å². The third-order valence-corrected chi connectivity index (χ3v) is 6.79. The molecule has 0 saturated carbocycles. The summed E-state index contributed by atoms with van der Waals surface area (Å²) in [7, 11) is -3.90. The van der Waals surface area contributed by atoms with E-state index in [1.54, 1.807) is 19.1 Å². The largest absolute Gasteiger partial charge is 0.432 e. The molecule has 0 aliphatic carbocycles. The van der Waals surface area contributed by atoms with E-state index in [9.17, 15) is 21.6 Å². The number of sulfonamides is 1. The molecule has 2 N–H and O–H groups in total. The van der Waals surface area contributed by atoms with Gasteiger partial charge in [-0.25, -0.2) is 8.42 Å². The van der Waals surface area contributed by atoms with Gasteiger partial charge < -0.3 is 0 Å². The Kier molecular flexibility index (Phi) is 4.76. The van der Waals surface area contributed by atoms with Gasteiger partial charge in [-0.3, -0.25) is 9.82 Å². The molecule has 0 saturated heterocycles. The van der Waals surface area contributed by atoms with Gasteiger partial charge in [-0.05, 0) is 42.8 Å². The number of H-pyrrole nitrogens is 1. The number of aromatic amines is 1. The molecule has 3 aromatic rings. The van der Waals surface area contributed by atoms with Crippen LogP contribution in [0.2, 0.25) is 5.02 Å². The molecule has 0 amide bonds. The van der Waals surface area contributed by atoms with Gasteiger partial charge in [-0.1, -0.05) is 17.7 Å². The fourth-order valence-corrected chi connectivity index (χ4v) is 4.55. The van der Waals surface area contributed by atoms with Crippen LogP contribution in [0.3, 0.4) is 0 Å². The molecule has 0 unspecified atom stereocenters. The Bertz CT molecular complexity index is 1060. The lowest BCUT2D eigenvalue weighted by molar-refractivity contribution is -0.141. The number of hydrogen-bond acceptors (Lipinski definition) is 4. The van der Waals surface area contributed by atoms with Gasteiger partial charge in [0.25, 0.3) is 10.0 Å². The van der Waals surface area contributed by atoms with Gasteiger partial charge in [0.15, 0.2) is 0 Å². The van der Waals surface area contributed by atoms with Gasteiger partial charge in [0, 0.05) is 5.02 Å². The topological polar surface area (TPSA) is 74.8 Å². The van der Waals surface area contributed by atoms with Gasteiger partial charge in [0.1, 0.15) is 15.6 Å². The van der Waals surface area contributed by atoms with Gasteiger partial charge in [0.05, 0.1) is 10.6 Å². The van der Waals surface area contributed by atoms with Crippen LogP contribution in [0, 0.1) is 6.92 Å². The third-order valence-electron chi connectivity index (χ3n) is 3.41. The maximum atomic E-state index is 12.6. The third kappa shape index (κ3) is 3.87. The van der Waals surface area contributed by atoms with Crippen molar-refractivity contribution >= 4 is 38.6 Å². The van der Waals surface area contributed by atoms with E-state index in [0.717, 1.165) is 23.0 Å². The predicted octanol–water partition coefficient (Wildman–Crippen LogP) is 4.92. The van der Waals surface area contributed by atoms with Crippen molar-refractivity contribution in [3.05, 3.63) is 52.7 Å². The molecule has 0 fully saturated rings. The summed E-state index contributed by atoms with van der Waals surface area (Å²) < 4.78 is 65.1. The number of anilines is 1. The molecular weight excluding hydrogens is 411 g/mol. The minimum Gasteiger partial charge on any atom is -0.279 e. The van der Waals surface area contributed by atoms with Crippen molar-refractivity contribution in [2.24, 2.45) is 0 Å². The van der Waals surface area contributed by atoms with E-state index in [2.05, 4.69) is 9.82 Å². The van der Waals surface area contributed by atoms with Crippen molar-refractivity contribution in [1.82, 2.24) is 10.2 Å². The number of alkyl halides is 3. The molecular formula is C15H11ClF3N3O2S2. The number of nitrogens with zero attached hydrogens (tertiary/aromatic N) is 1. The number of rotatable bonds is 4. The van der Waals surface area contributed by atoms with Crippen molar-refractivity contribution in [3.8, 4) is 10.6 Å². The Hall–Kier alpha value is -2.04. The minimum absolute atomic E-state index is 0.0159. The zero-order valence-corrected chi connectivity index (χ0v) is 15.4. The monoisotopic (exact) mass is 421 g/mol. The van der Waals surface area contributed by atoms with E-state index in [4.69, 9.17) is 11.6 Å². The second-order valence-corrected chi connectivity index (χ2v) is 8.75. The number of halogens is 4. The van der Waals surface area contributed by atoms with Crippen LogP contribution < -0.4 is 4.72 Å². The van der Waals surface area contributed by atoms with Gasteiger partial charge >= 0.3 is 6.18 Å². The Morgan fingerprint density at radius 3 is 2.54 bits per heavy atom. The molecule has 0 aliphatic heterocycles. The van der Waals surface area contributed by atoms with Gasteiger partial charge in [-0.2, -0.15) is 18.3 Å². The molecule has 11 heteroatoms. The summed E-state index contributed by atoms with van der Waals surface area (Å²) in [5.74, 6) is 0. The highest BCUT2D eigenvalue weighted by molar-refractivity contribution is 7.94. The molecule has 138 valence electrons. The van der Waals surface area contributed by atoms with E-state index in [-0.39, 0.29) is 15.6 Å². The molecule has 2 aromatic heterocycles. The van der Waals surface area contributed by atoms with Crippen LogP contribution in [-0.2, 0) is 16.2 Å². The molecule has 1 aromatic carbocycles. The summed E-state index contributed by atoms with van der Waals surface area (Å²) in [6.45, 7) is 1.78. The first-order chi connectivity index (χ1) is 12.1. The van der Waals surface area contributed by atoms with Crippen LogP contribution in [0.4, 0.5) is 18.9 Å². The van der Waals surface area contributed by atoms with Gasteiger partial charge in [-0.15, -0.1) is 11.3 Å². The molecule has 0 atom stereocenters. The second-order valence-electron chi connectivity index (χ2n) is 5.35. The van der Waals surface area contributed by atoms with Crippen molar-refractivity contribution < 1.29 is 21.6 Å². The van der Waals surface area contributed by atoms with Crippen LogP contribution in [0.1, 0.15) is 11.3 Å². The highest BCUT2D eigenvalue weighted by Crippen LogP contribution is 2.34. The molecule has 2 heterocycles. The van der Waals surface area contributed by atoms with Crippen LogP contribution in [0.15, 0.2) is 40.6 Å². The van der Waals surface area contributed by atoms with E-state index in [1.807, 2.05) is 5.10 Å². The SMILES string of the molecule is Cc1ccc(NS(=O)(=O)c2ccc(-c3cc(C(F)(F)F)[nH]n3)s2)cc1Cl. The zero-order chi connectivity index (χ0) is 19.1. The first kappa shape index (κ1) is 18.7. The maximum Gasteiger partial charge on any atom is 0.432 e. The molecule has 26 heavy (non-hydrogen) atoms. The molecule has 5 nitrogen and oxygen atoms in total. The van der Waals surface area contributed by atoms with Crippen molar-refractivity contribution in [2.75, 3.05) is 4.72 Å². The Balaban J connectivity index is 1.86. The minimum atomic E-state index is -4.55. The number of thiophene rings is 1. The lowest BCUT2D eigenvalue weighted by atomic mass is 10.2. The summed E-state index contributed by atoms with van der Waals surface area (Å²) in [6.07, 6.45) is -4.55.